The van der Waals surface area contributed by atoms with Gasteiger partial charge in [-0.1, -0.05) is 32.8 Å². The van der Waals surface area contributed by atoms with Gasteiger partial charge in [0.1, 0.15) is 5.69 Å². The Morgan fingerprint density at radius 2 is 1.83 bits per heavy atom. The van der Waals surface area contributed by atoms with Crippen LogP contribution in [-0.2, 0) is 5.41 Å². The lowest BCUT2D eigenvalue weighted by atomic mass is 9.63. The highest BCUT2D eigenvalue weighted by atomic mass is 19.3. The standard InChI is InChI=1S/C26H31F4N5O/c1-14-6-19(21-33-34-23(36-21)31-11-15-9-25(5,10-15)22(27)28)32-20-17(14)7-16(8-18(20)24(2,3)4)35-12-26(29,30)13-35/h6-8,15,22H,9-13H2,1-5H3,(H,31,34). The fourth-order valence-electron chi connectivity index (χ4n) is 5.25. The number of benzene rings is 1. The second-order valence-electron chi connectivity index (χ2n) is 11.7. The Labute approximate surface area is 207 Å². The zero-order chi connectivity index (χ0) is 26.0. The SMILES string of the molecule is Cc1cc(-c2nnc(NCC3CC(C)(C(F)F)C3)o2)nc2c(C(C)(C)C)cc(N3CC(F)(F)C3)cc12. The number of rotatable bonds is 6. The van der Waals surface area contributed by atoms with Crippen LogP contribution in [0.4, 0.5) is 29.3 Å². The lowest BCUT2D eigenvalue weighted by molar-refractivity contribution is -0.0751. The number of nitrogens with zero attached hydrogens (tertiary/aromatic N) is 4. The molecule has 0 bridgehead atoms. The van der Waals surface area contributed by atoms with E-state index < -0.39 is 17.8 Å². The molecule has 2 aromatic heterocycles. The highest BCUT2D eigenvalue weighted by Crippen LogP contribution is 2.49. The molecule has 1 saturated carbocycles. The number of aryl methyl sites for hydroxylation is 1. The highest BCUT2D eigenvalue weighted by molar-refractivity contribution is 5.91. The first-order chi connectivity index (χ1) is 16.7. The summed E-state index contributed by atoms with van der Waals surface area (Å²) in [5, 5.41) is 12.1. The predicted molar refractivity (Wildman–Crippen MR) is 131 cm³/mol. The number of halogens is 4. The summed E-state index contributed by atoms with van der Waals surface area (Å²) < 4.78 is 58.9. The first-order valence-electron chi connectivity index (χ1n) is 12.2. The molecule has 2 fully saturated rings. The lowest BCUT2D eigenvalue weighted by Crippen LogP contribution is -2.56. The van der Waals surface area contributed by atoms with E-state index in [0.29, 0.717) is 25.1 Å². The van der Waals surface area contributed by atoms with E-state index >= 15 is 0 Å². The summed E-state index contributed by atoms with van der Waals surface area (Å²) in [7, 11) is 0. The van der Waals surface area contributed by atoms with Crippen molar-refractivity contribution in [3.63, 3.8) is 0 Å². The normalized spacial score (nSPS) is 23.6. The first-order valence-corrected chi connectivity index (χ1v) is 12.2. The molecule has 1 aliphatic heterocycles. The average molecular weight is 506 g/mol. The van der Waals surface area contributed by atoms with E-state index in [1.54, 1.807) is 11.8 Å². The van der Waals surface area contributed by atoms with Crippen LogP contribution in [0.25, 0.3) is 22.5 Å². The van der Waals surface area contributed by atoms with Gasteiger partial charge in [-0.25, -0.2) is 22.5 Å². The number of pyridine rings is 1. The molecule has 3 aromatic rings. The van der Waals surface area contributed by atoms with Crippen molar-refractivity contribution in [3.8, 4) is 11.6 Å². The lowest BCUT2D eigenvalue weighted by Gasteiger charge is -2.44. The van der Waals surface area contributed by atoms with Crippen LogP contribution in [0.5, 0.6) is 0 Å². The molecule has 0 radical (unpaired) electrons. The van der Waals surface area contributed by atoms with E-state index in [4.69, 9.17) is 9.40 Å². The molecular formula is C26H31F4N5O. The van der Waals surface area contributed by atoms with Gasteiger partial charge in [0.05, 0.1) is 18.6 Å². The minimum atomic E-state index is -2.65. The minimum absolute atomic E-state index is 0.135. The maximum Gasteiger partial charge on any atom is 0.315 e. The van der Waals surface area contributed by atoms with Gasteiger partial charge in [-0.15, -0.1) is 5.10 Å². The van der Waals surface area contributed by atoms with Crippen LogP contribution in [0.2, 0.25) is 0 Å². The third kappa shape index (κ3) is 4.50. The van der Waals surface area contributed by atoms with Gasteiger partial charge in [-0.3, -0.25) is 0 Å². The number of hydrogen-bond acceptors (Lipinski definition) is 6. The van der Waals surface area contributed by atoms with Gasteiger partial charge in [0.25, 0.3) is 11.8 Å². The number of anilines is 2. The van der Waals surface area contributed by atoms with Crippen LogP contribution in [-0.4, -0.2) is 47.2 Å². The number of aromatic nitrogens is 3. The summed E-state index contributed by atoms with van der Waals surface area (Å²) in [4.78, 5) is 6.53. The van der Waals surface area contributed by atoms with Crippen molar-refractivity contribution in [3.05, 3.63) is 29.3 Å². The zero-order valence-electron chi connectivity index (χ0n) is 21.1. The number of alkyl halides is 4. The minimum Gasteiger partial charge on any atom is -0.402 e. The van der Waals surface area contributed by atoms with E-state index in [2.05, 4.69) is 36.3 Å². The van der Waals surface area contributed by atoms with Crippen molar-refractivity contribution in [2.24, 2.45) is 11.3 Å². The highest BCUT2D eigenvalue weighted by Gasteiger charge is 2.47. The van der Waals surface area contributed by atoms with Crippen LogP contribution in [0.3, 0.4) is 0 Å². The summed E-state index contributed by atoms with van der Waals surface area (Å²) in [5.74, 6) is -2.27. The molecule has 1 saturated heterocycles. The molecule has 0 unspecified atom stereocenters. The summed E-state index contributed by atoms with van der Waals surface area (Å²) in [6, 6.07) is 5.93. The Hall–Kier alpha value is -2.91. The van der Waals surface area contributed by atoms with Crippen LogP contribution in [0, 0.1) is 18.3 Å². The molecule has 36 heavy (non-hydrogen) atoms. The van der Waals surface area contributed by atoms with Gasteiger partial charge >= 0.3 is 6.01 Å². The van der Waals surface area contributed by atoms with E-state index in [9.17, 15) is 17.6 Å². The zero-order valence-corrected chi connectivity index (χ0v) is 21.1. The van der Waals surface area contributed by atoms with Crippen molar-refractivity contribution < 1.29 is 22.0 Å². The Morgan fingerprint density at radius 1 is 1.14 bits per heavy atom. The fourth-order valence-corrected chi connectivity index (χ4v) is 5.25. The average Bonchev–Trinajstić information content (AvgIpc) is 3.21. The molecule has 1 aromatic carbocycles. The van der Waals surface area contributed by atoms with Crippen molar-refractivity contribution in [1.82, 2.24) is 15.2 Å². The van der Waals surface area contributed by atoms with Gasteiger partial charge in [-0.2, -0.15) is 0 Å². The van der Waals surface area contributed by atoms with E-state index in [0.717, 1.165) is 27.7 Å². The monoisotopic (exact) mass is 505 g/mol. The van der Waals surface area contributed by atoms with E-state index in [1.165, 1.54) is 0 Å². The van der Waals surface area contributed by atoms with Gasteiger partial charge < -0.3 is 14.6 Å². The largest absolute Gasteiger partial charge is 0.402 e. The maximum atomic E-state index is 13.5. The molecule has 1 N–H and O–H groups in total. The molecule has 0 spiro atoms. The van der Waals surface area contributed by atoms with Gasteiger partial charge in [0.15, 0.2) is 0 Å². The second kappa shape index (κ2) is 8.31. The summed E-state index contributed by atoms with van der Waals surface area (Å²) in [6.45, 7) is 9.66. The summed E-state index contributed by atoms with van der Waals surface area (Å²) >= 11 is 0. The van der Waals surface area contributed by atoms with E-state index in [1.807, 2.05) is 25.1 Å². The van der Waals surface area contributed by atoms with E-state index in [-0.39, 0.29) is 36.3 Å². The third-order valence-corrected chi connectivity index (χ3v) is 7.35. The predicted octanol–water partition coefficient (Wildman–Crippen LogP) is 6.44. The Balaban J connectivity index is 1.40. The van der Waals surface area contributed by atoms with Gasteiger partial charge in [-0.05, 0) is 60.4 Å². The molecule has 2 aliphatic rings. The van der Waals surface area contributed by atoms with Gasteiger partial charge in [0.2, 0.25) is 6.43 Å². The number of nitrogens with one attached hydrogen (secondary N) is 1. The molecular weight excluding hydrogens is 474 g/mol. The molecule has 10 heteroatoms. The van der Waals surface area contributed by atoms with Crippen LogP contribution < -0.4 is 10.2 Å². The van der Waals surface area contributed by atoms with Crippen LogP contribution in [0.15, 0.2) is 22.6 Å². The molecule has 1 aliphatic carbocycles. The molecule has 6 nitrogen and oxygen atoms in total. The molecule has 5 rings (SSSR count). The summed E-state index contributed by atoms with van der Waals surface area (Å²) in [6.07, 6.45) is -1.40. The van der Waals surface area contributed by atoms with Crippen molar-refractivity contribution in [2.75, 3.05) is 29.9 Å². The van der Waals surface area contributed by atoms with Crippen molar-refractivity contribution in [1.29, 1.82) is 0 Å². The fraction of sp³-hybridized carbons (Fsp3) is 0.577. The molecule has 0 amide bonds. The Morgan fingerprint density at radius 3 is 2.44 bits per heavy atom. The molecule has 3 heterocycles. The molecule has 194 valence electrons. The smallest absolute Gasteiger partial charge is 0.315 e. The third-order valence-electron chi connectivity index (χ3n) is 7.35. The number of hydrogen-bond donors (Lipinski definition) is 1. The summed E-state index contributed by atoms with van der Waals surface area (Å²) in [5.41, 5.74) is 2.73. The van der Waals surface area contributed by atoms with Crippen LogP contribution in [0.1, 0.15) is 51.7 Å². The topological polar surface area (TPSA) is 67.1 Å². The van der Waals surface area contributed by atoms with Crippen LogP contribution >= 0.6 is 0 Å². The van der Waals surface area contributed by atoms with Gasteiger partial charge in [0, 0.05) is 23.0 Å². The molecule has 0 atom stereocenters. The maximum absolute atomic E-state index is 13.5. The van der Waals surface area contributed by atoms with Crippen molar-refractivity contribution in [2.45, 2.75) is 65.2 Å². The number of fused-ring (bicyclic) bond motifs is 1. The first kappa shape index (κ1) is 24.8. The Kier molecular flexibility index (Phi) is 5.72. The Bertz CT molecular complexity index is 1290. The quantitative estimate of drug-likeness (QED) is 0.389. The second-order valence-corrected chi connectivity index (χ2v) is 11.7. The van der Waals surface area contributed by atoms with Crippen molar-refractivity contribution >= 4 is 22.6 Å².